The first-order valence-electron chi connectivity index (χ1n) is 4.91. The summed E-state index contributed by atoms with van der Waals surface area (Å²) in [7, 11) is 0. The zero-order valence-corrected chi connectivity index (χ0v) is 8.27. The first-order valence-corrected chi connectivity index (χ1v) is 4.91. The van der Waals surface area contributed by atoms with E-state index in [1.807, 2.05) is 0 Å². The smallest absolute Gasteiger partial charge is 0.292 e. The van der Waals surface area contributed by atoms with E-state index in [4.69, 9.17) is 0 Å². The molecule has 1 saturated carbocycles. The van der Waals surface area contributed by atoms with E-state index in [2.05, 4.69) is 22.1 Å². The Morgan fingerprint density at radius 1 is 1.67 bits per heavy atom. The zero-order valence-electron chi connectivity index (χ0n) is 8.27. The summed E-state index contributed by atoms with van der Waals surface area (Å²) in [5.74, 6) is -2.73. The van der Waals surface area contributed by atoms with Crippen molar-refractivity contribution < 1.29 is 8.78 Å². The summed E-state index contributed by atoms with van der Waals surface area (Å²) in [6.45, 7) is 5.45. The first-order chi connectivity index (χ1) is 7.01. The molecule has 0 unspecified atom stereocenters. The fourth-order valence-corrected chi connectivity index (χ4v) is 2.36. The molecule has 2 atom stereocenters. The molecule has 1 fully saturated rings. The Kier molecular flexibility index (Phi) is 1.42. The molecule has 0 saturated heterocycles. The second-order valence-corrected chi connectivity index (χ2v) is 4.34. The van der Waals surface area contributed by atoms with E-state index in [9.17, 15) is 8.78 Å². The summed E-state index contributed by atoms with van der Waals surface area (Å²) < 4.78 is 27.2. The van der Waals surface area contributed by atoms with Crippen LogP contribution in [0.4, 0.5) is 14.6 Å². The molecule has 0 spiro atoms. The summed E-state index contributed by atoms with van der Waals surface area (Å²) >= 11 is 0. The topological polar surface area (TPSA) is 40.7 Å². The van der Waals surface area contributed by atoms with Crippen molar-refractivity contribution in [3.63, 3.8) is 0 Å². The lowest BCUT2D eigenvalue weighted by Crippen LogP contribution is -2.13. The maximum absolute atomic E-state index is 13.6. The minimum absolute atomic E-state index is 0.00694. The molecule has 1 heterocycles. The molecule has 1 aromatic rings. The second-order valence-electron chi connectivity index (χ2n) is 4.34. The number of aromatic nitrogens is 2. The molecule has 0 aromatic carbocycles. The largest absolute Gasteiger partial charge is 0.343 e. The van der Waals surface area contributed by atoms with E-state index in [0.29, 0.717) is 23.5 Å². The first kappa shape index (κ1) is 8.88. The van der Waals surface area contributed by atoms with Gasteiger partial charge in [0, 0.05) is 17.2 Å². The average Bonchev–Trinajstić information content (AvgIpc) is 2.76. The van der Waals surface area contributed by atoms with Crippen LogP contribution in [0, 0.1) is 5.92 Å². The van der Waals surface area contributed by atoms with Gasteiger partial charge in [0.1, 0.15) is 5.69 Å². The monoisotopic (exact) mass is 211 g/mol. The number of rotatable bonds is 2. The van der Waals surface area contributed by atoms with Crippen molar-refractivity contribution in [2.45, 2.75) is 25.2 Å². The van der Waals surface area contributed by atoms with Gasteiger partial charge >= 0.3 is 0 Å². The number of hydrogen-bond acceptors (Lipinski definition) is 2. The molecule has 1 aromatic heterocycles. The lowest BCUT2D eigenvalue weighted by molar-refractivity contribution is -0.0268. The quantitative estimate of drug-likeness (QED) is 0.789. The molecule has 2 aliphatic carbocycles. The third-order valence-corrected chi connectivity index (χ3v) is 3.10. The predicted octanol–water partition coefficient (Wildman–Crippen LogP) is 2.56. The second kappa shape index (κ2) is 2.40. The van der Waals surface area contributed by atoms with Crippen LogP contribution in [0.3, 0.4) is 0 Å². The Hall–Kier alpha value is -1.39. The maximum Gasteiger partial charge on any atom is 0.292 e. The molecular weight excluding hydrogens is 200 g/mol. The van der Waals surface area contributed by atoms with Crippen LogP contribution in [0.2, 0.25) is 0 Å². The predicted molar refractivity (Wildman–Crippen MR) is 51.8 cm³/mol. The SMILES string of the molecule is C=C(C)Nc1n[nH]c2c1[C@H]1C[C@H]1C2(F)F. The highest BCUT2D eigenvalue weighted by atomic mass is 19.3. The van der Waals surface area contributed by atoms with Crippen LogP contribution in [-0.2, 0) is 5.92 Å². The van der Waals surface area contributed by atoms with Gasteiger partial charge in [-0.05, 0) is 19.3 Å². The van der Waals surface area contributed by atoms with Gasteiger partial charge in [0.2, 0.25) is 0 Å². The molecule has 0 bridgehead atoms. The number of anilines is 1. The van der Waals surface area contributed by atoms with E-state index in [0.717, 1.165) is 0 Å². The van der Waals surface area contributed by atoms with Gasteiger partial charge in [-0.2, -0.15) is 13.9 Å². The maximum atomic E-state index is 13.6. The van der Waals surface area contributed by atoms with Crippen molar-refractivity contribution in [1.29, 1.82) is 0 Å². The van der Waals surface area contributed by atoms with Gasteiger partial charge in [-0.25, -0.2) is 0 Å². The van der Waals surface area contributed by atoms with E-state index in [-0.39, 0.29) is 11.6 Å². The third-order valence-electron chi connectivity index (χ3n) is 3.10. The number of halogens is 2. The van der Waals surface area contributed by atoms with Gasteiger partial charge in [-0.1, -0.05) is 6.58 Å². The highest BCUT2D eigenvalue weighted by Crippen LogP contribution is 2.67. The molecule has 0 radical (unpaired) electrons. The van der Waals surface area contributed by atoms with Gasteiger partial charge in [0.15, 0.2) is 5.82 Å². The summed E-state index contributed by atoms with van der Waals surface area (Å²) in [4.78, 5) is 0. The summed E-state index contributed by atoms with van der Waals surface area (Å²) in [5, 5.41) is 9.22. The molecule has 5 heteroatoms. The number of allylic oxidation sites excluding steroid dienone is 1. The molecular formula is C10H11F2N3. The molecule has 3 rings (SSSR count). The highest BCUT2D eigenvalue weighted by molar-refractivity contribution is 5.58. The van der Waals surface area contributed by atoms with Crippen LogP contribution < -0.4 is 5.32 Å². The van der Waals surface area contributed by atoms with Gasteiger partial charge in [-0.15, -0.1) is 0 Å². The molecule has 80 valence electrons. The average molecular weight is 211 g/mol. The normalized spacial score (nSPS) is 29.5. The standard InChI is InChI=1S/C10H11F2N3/c1-4(2)13-9-7-5-3-6(5)10(11,12)8(7)14-15-9/h5-6H,1,3H2,2H3,(H2,13,14,15)/t5-,6+/m0/s1. The van der Waals surface area contributed by atoms with Gasteiger partial charge in [-0.3, -0.25) is 5.10 Å². The number of nitrogens with zero attached hydrogens (tertiary/aromatic N) is 1. The Morgan fingerprint density at radius 3 is 3.07 bits per heavy atom. The van der Waals surface area contributed by atoms with Crippen molar-refractivity contribution in [3.05, 3.63) is 23.5 Å². The number of aromatic amines is 1. The summed E-state index contributed by atoms with van der Waals surface area (Å²) in [6, 6.07) is 0. The molecule has 0 aliphatic heterocycles. The van der Waals surface area contributed by atoms with Gasteiger partial charge in [0.25, 0.3) is 5.92 Å². The van der Waals surface area contributed by atoms with E-state index >= 15 is 0 Å². The number of fused-ring (bicyclic) bond motifs is 3. The number of hydrogen-bond donors (Lipinski definition) is 2. The van der Waals surface area contributed by atoms with Gasteiger partial charge < -0.3 is 5.32 Å². The number of alkyl halides is 2. The van der Waals surface area contributed by atoms with E-state index < -0.39 is 11.8 Å². The van der Waals surface area contributed by atoms with Crippen LogP contribution >= 0.6 is 0 Å². The number of nitrogens with one attached hydrogen (secondary N) is 2. The van der Waals surface area contributed by atoms with Crippen molar-refractivity contribution in [3.8, 4) is 0 Å². The van der Waals surface area contributed by atoms with Crippen LogP contribution in [0.1, 0.15) is 30.5 Å². The molecule has 2 aliphatic rings. The summed E-state index contributed by atoms with van der Waals surface area (Å²) in [6.07, 6.45) is 0.574. The Balaban J connectivity index is 2.06. The van der Waals surface area contributed by atoms with Crippen molar-refractivity contribution in [1.82, 2.24) is 10.2 Å². The van der Waals surface area contributed by atoms with Crippen LogP contribution in [0.5, 0.6) is 0 Å². The van der Waals surface area contributed by atoms with Crippen molar-refractivity contribution in [2.24, 2.45) is 5.92 Å². The highest BCUT2D eigenvalue weighted by Gasteiger charge is 2.65. The third kappa shape index (κ3) is 1.00. The molecule has 15 heavy (non-hydrogen) atoms. The molecule has 3 nitrogen and oxygen atoms in total. The minimum Gasteiger partial charge on any atom is -0.343 e. The fraction of sp³-hybridized carbons (Fsp3) is 0.500. The Labute approximate surface area is 85.6 Å². The Morgan fingerprint density at radius 2 is 2.40 bits per heavy atom. The fourth-order valence-electron chi connectivity index (χ4n) is 2.36. The van der Waals surface area contributed by atoms with Crippen molar-refractivity contribution in [2.75, 3.05) is 5.32 Å². The van der Waals surface area contributed by atoms with E-state index in [1.165, 1.54) is 0 Å². The number of H-pyrrole nitrogens is 1. The lowest BCUT2D eigenvalue weighted by atomic mass is 10.1. The Bertz CT molecular complexity index is 450. The molecule has 2 N–H and O–H groups in total. The van der Waals surface area contributed by atoms with Crippen LogP contribution in [0.25, 0.3) is 0 Å². The minimum atomic E-state index is -2.72. The van der Waals surface area contributed by atoms with Crippen molar-refractivity contribution >= 4 is 5.82 Å². The molecule has 0 amide bonds. The van der Waals surface area contributed by atoms with Crippen LogP contribution in [-0.4, -0.2) is 10.2 Å². The van der Waals surface area contributed by atoms with E-state index in [1.54, 1.807) is 6.92 Å². The van der Waals surface area contributed by atoms with Crippen LogP contribution in [0.15, 0.2) is 12.3 Å². The zero-order chi connectivity index (χ0) is 10.8. The lowest BCUT2D eigenvalue weighted by Gasteiger charge is -2.09. The summed E-state index contributed by atoms with van der Waals surface area (Å²) in [5.41, 5.74) is 1.36. The van der Waals surface area contributed by atoms with Gasteiger partial charge in [0.05, 0.1) is 0 Å².